The Hall–Kier alpha value is -1.04. The molecule has 15 heavy (non-hydrogen) atoms. The highest BCUT2D eigenvalue weighted by molar-refractivity contribution is 5.05. The first kappa shape index (κ1) is 29.2. The molecule has 0 fully saturated rings. The standard InChI is InChI=1S/C5H8.C4H8.2C2H6.C2H4/c1-4-5(2)3;1-3-4-2;3*1-2/h4H,1-2H2,3H3;3H,1,4H2,2H3;2*1-2H3;1-2H2. The summed E-state index contributed by atoms with van der Waals surface area (Å²) in [6.07, 6.45) is 4.68. The quantitative estimate of drug-likeness (QED) is 0.378. The molecule has 0 nitrogen and oxygen atoms in total. The fraction of sp³-hybridized carbons (Fsp3) is 0.467. The fourth-order valence-corrected chi connectivity index (χ4v) is 0. The Kier molecular flexibility index (Phi) is 147. The average Bonchev–Trinajstić information content (AvgIpc) is 2.36. The Morgan fingerprint density at radius 2 is 1.13 bits per heavy atom. The molecule has 0 aromatic heterocycles. The summed E-state index contributed by atoms with van der Waals surface area (Å²) in [6.45, 7) is 28.5. The van der Waals surface area contributed by atoms with Crippen LogP contribution in [0.25, 0.3) is 0 Å². The molecule has 0 saturated carbocycles. The van der Waals surface area contributed by atoms with Crippen molar-refractivity contribution in [2.45, 2.75) is 48.0 Å². The van der Waals surface area contributed by atoms with E-state index in [9.17, 15) is 0 Å². The summed E-state index contributed by atoms with van der Waals surface area (Å²) in [7, 11) is 0. The second-order valence-electron chi connectivity index (χ2n) is 1.75. The van der Waals surface area contributed by atoms with Crippen LogP contribution >= 0.6 is 0 Å². The van der Waals surface area contributed by atoms with Crippen LogP contribution in [-0.4, -0.2) is 0 Å². The van der Waals surface area contributed by atoms with Gasteiger partial charge in [0.2, 0.25) is 0 Å². The van der Waals surface area contributed by atoms with E-state index < -0.39 is 0 Å². The molecule has 0 aromatic carbocycles. The van der Waals surface area contributed by atoms with E-state index in [0.717, 1.165) is 12.0 Å². The van der Waals surface area contributed by atoms with E-state index in [1.807, 2.05) is 40.7 Å². The topological polar surface area (TPSA) is 0 Å². The Balaban J connectivity index is -0.0000000301. The van der Waals surface area contributed by atoms with Crippen molar-refractivity contribution in [3.8, 4) is 0 Å². The molecule has 0 bridgehead atoms. The normalized spacial score (nSPS) is 4.93. The lowest BCUT2D eigenvalue weighted by molar-refractivity contribution is 1.23. The minimum atomic E-state index is 1.02. The second kappa shape index (κ2) is 75.4. The van der Waals surface area contributed by atoms with Crippen molar-refractivity contribution >= 4 is 0 Å². The van der Waals surface area contributed by atoms with E-state index in [4.69, 9.17) is 0 Å². The van der Waals surface area contributed by atoms with E-state index in [-0.39, 0.29) is 0 Å². The third-order valence-electron chi connectivity index (χ3n) is 0.637. The monoisotopic (exact) mass is 212 g/mol. The van der Waals surface area contributed by atoms with Gasteiger partial charge in [-0.3, -0.25) is 0 Å². The van der Waals surface area contributed by atoms with Gasteiger partial charge in [0.15, 0.2) is 0 Å². The van der Waals surface area contributed by atoms with Gasteiger partial charge in [0, 0.05) is 0 Å². The maximum Gasteiger partial charge on any atom is -0.0382 e. The number of rotatable bonds is 2. The smallest absolute Gasteiger partial charge is 0.0382 e. The number of hydrogen-bond donors (Lipinski definition) is 0. The van der Waals surface area contributed by atoms with Gasteiger partial charge in [-0.1, -0.05) is 65.5 Å². The van der Waals surface area contributed by atoms with E-state index in [2.05, 4.69) is 39.8 Å². The molecule has 0 spiro atoms. The van der Waals surface area contributed by atoms with Gasteiger partial charge in [-0.2, -0.15) is 0 Å². The van der Waals surface area contributed by atoms with Crippen LogP contribution in [0.5, 0.6) is 0 Å². The van der Waals surface area contributed by atoms with Crippen molar-refractivity contribution < 1.29 is 0 Å². The molecular weight excluding hydrogens is 180 g/mol. The van der Waals surface area contributed by atoms with Crippen LogP contribution in [0.3, 0.4) is 0 Å². The van der Waals surface area contributed by atoms with Crippen LogP contribution in [0.4, 0.5) is 0 Å². The molecule has 0 aliphatic rings. The van der Waals surface area contributed by atoms with Crippen LogP contribution < -0.4 is 0 Å². The Morgan fingerprint density at radius 3 is 1.13 bits per heavy atom. The zero-order valence-corrected chi connectivity index (χ0v) is 11.9. The molecule has 0 heteroatoms. The molecule has 0 aliphatic heterocycles. The summed E-state index contributed by atoms with van der Waals surface area (Å²) < 4.78 is 0. The van der Waals surface area contributed by atoms with Crippen LogP contribution in [0, 0.1) is 0 Å². The summed E-state index contributed by atoms with van der Waals surface area (Å²) in [6, 6.07) is 0. The van der Waals surface area contributed by atoms with Crippen molar-refractivity contribution in [3.63, 3.8) is 0 Å². The van der Waals surface area contributed by atoms with Gasteiger partial charge in [0.1, 0.15) is 0 Å². The highest BCUT2D eigenvalue weighted by Gasteiger charge is 1.59. The summed E-state index contributed by atoms with van der Waals surface area (Å²) in [5.41, 5.74) is 1.02. The lowest BCUT2D eigenvalue weighted by Gasteiger charge is -1.71. The van der Waals surface area contributed by atoms with Gasteiger partial charge in [0.25, 0.3) is 0 Å². The minimum Gasteiger partial charge on any atom is -0.106 e. The zero-order chi connectivity index (χ0) is 13.7. The molecule has 0 rings (SSSR count). The molecule has 0 saturated heterocycles. The lowest BCUT2D eigenvalue weighted by Crippen LogP contribution is -1.50. The van der Waals surface area contributed by atoms with Crippen LogP contribution in [-0.2, 0) is 0 Å². The molecule has 0 amide bonds. The predicted octanol–water partition coefficient (Wildman–Crippen LogP) is 6.19. The lowest BCUT2D eigenvalue weighted by atomic mass is 10.4. The molecule has 0 radical (unpaired) electrons. The molecular formula is C15H32. The first-order valence-corrected chi connectivity index (χ1v) is 5.57. The van der Waals surface area contributed by atoms with E-state index in [0.29, 0.717) is 0 Å². The molecule has 0 N–H and O–H groups in total. The van der Waals surface area contributed by atoms with Gasteiger partial charge in [-0.05, 0) is 13.3 Å². The molecule has 0 unspecified atom stereocenters. The van der Waals surface area contributed by atoms with E-state index >= 15 is 0 Å². The molecule has 0 aromatic rings. The maximum atomic E-state index is 3.56. The van der Waals surface area contributed by atoms with Gasteiger partial charge >= 0.3 is 0 Å². The second-order valence-corrected chi connectivity index (χ2v) is 1.75. The van der Waals surface area contributed by atoms with Crippen molar-refractivity contribution in [2.75, 3.05) is 0 Å². The van der Waals surface area contributed by atoms with Crippen LogP contribution in [0.2, 0.25) is 0 Å². The van der Waals surface area contributed by atoms with Gasteiger partial charge in [-0.15, -0.1) is 19.7 Å². The van der Waals surface area contributed by atoms with Crippen molar-refractivity contribution in [2.24, 2.45) is 0 Å². The molecule has 0 aliphatic carbocycles. The number of allylic oxidation sites excluding steroid dienone is 3. The van der Waals surface area contributed by atoms with Crippen LogP contribution in [0.1, 0.15) is 48.0 Å². The summed E-state index contributed by atoms with van der Waals surface area (Å²) >= 11 is 0. The fourth-order valence-electron chi connectivity index (χ4n) is 0. The predicted molar refractivity (Wildman–Crippen MR) is 79.4 cm³/mol. The zero-order valence-electron chi connectivity index (χ0n) is 11.9. The number of hydrogen-bond acceptors (Lipinski definition) is 0. The van der Waals surface area contributed by atoms with Crippen molar-refractivity contribution in [1.29, 1.82) is 0 Å². The first-order chi connectivity index (χ1) is 7.18. The van der Waals surface area contributed by atoms with E-state index in [1.165, 1.54) is 0 Å². The third-order valence-corrected chi connectivity index (χ3v) is 0.637. The first-order valence-electron chi connectivity index (χ1n) is 5.57. The summed E-state index contributed by atoms with van der Waals surface area (Å²) in [5.74, 6) is 0. The third kappa shape index (κ3) is 405. The molecule has 0 heterocycles. The SMILES string of the molecule is C=C.C=CC(=C)C.C=CCC.CC.CC. The van der Waals surface area contributed by atoms with Crippen molar-refractivity contribution in [3.05, 3.63) is 50.6 Å². The Morgan fingerprint density at radius 1 is 1.00 bits per heavy atom. The summed E-state index contributed by atoms with van der Waals surface area (Å²) in [4.78, 5) is 0. The van der Waals surface area contributed by atoms with E-state index in [1.54, 1.807) is 6.08 Å². The maximum absolute atomic E-state index is 3.56. The van der Waals surface area contributed by atoms with Crippen molar-refractivity contribution in [1.82, 2.24) is 0 Å². The minimum absolute atomic E-state index is 1.02. The molecule has 92 valence electrons. The highest BCUT2D eigenvalue weighted by atomic mass is 13.7. The molecule has 0 atom stereocenters. The van der Waals surface area contributed by atoms with Crippen LogP contribution in [0.15, 0.2) is 50.6 Å². The largest absolute Gasteiger partial charge is 0.106 e. The van der Waals surface area contributed by atoms with Gasteiger partial charge < -0.3 is 0 Å². The highest BCUT2D eigenvalue weighted by Crippen LogP contribution is 1.81. The van der Waals surface area contributed by atoms with Gasteiger partial charge in [-0.25, -0.2) is 0 Å². The Labute approximate surface area is 99.1 Å². The summed E-state index contributed by atoms with van der Waals surface area (Å²) in [5, 5.41) is 0. The average molecular weight is 212 g/mol. The Bertz CT molecular complexity index is 98.6. The van der Waals surface area contributed by atoms with Gasteiger partial charge in [0.05, 0.1) is 0 Å².